The highest BCUT2D eigenvalue weighted by molar-refractivity contribution is 5.89. The molecule has 1 atom stereocenters. The summed E-state index contributed by atoms with van der Waals surface area (Å²) in [6, 6.07) is 13.3. The Morgan fingerprint density at radius 2 is 2.12 bits per heavy atom. The first-order chi connectivity index (χ1) is 12.2. The van der Waals surface area contributed by atoms with Crippen molar-refractivity contribution in [2.75, 3.05) is 6.61 Å². The van der Waals surface area contributed by atoms with Crippen molar-refractivity contribution in [1.82, 2.24) is 10.3 Å². The second-order valence-electron chi connectivity index (χ2n) is 6.35. The first-order valence-corrected chi connectivity index (χ1v) is 8.43. The highest BCUT2D eigenvalue weighted by Gasteiger charge is 2.22. The van der Waals surface area contributed by atoms with Gasteiger partial charge >= 0.3 is 5.97 Å². The summed E-state index contributed by atoms with van der Waals surface area (Å²) in [5.74, 6) is -0.879. The summed E-state index contributed by atoms with van der Waals surface area (Å²) in [5, 5.41) is 13.8. The number of benzene rings is 2. The molecular weight excluding hydrogens is 316 g/mol. The fraction of sp³-hybridized carbons (Fsp3) is 0.250. The Hall–Kier alpha value is -2.63. The Kier molecular flexibility index (Phi) is 4.26. The largest absolute Gasteiger partial charge is 0.480 e. The predicted octanol–water partition coefficient (Wildman–Crippen LogP) is 3.16. The van der Waals surface area contributed by atoms with Crippen LogP contribution in [0.25, 0.3) is 10.9 Å². The van der Waals surface area contributed by atoms with Gasteiger partial charge in [0, 0.05) is 29.2 Å². The zero-order valence-corrected chi connectivity index (χ0v) is 13.8. The minimum absolute atomic E-state index is 0.505. The molecule has 2 heterocycles. The van der Waals surface area contributed by atoms with Gasteiger partial charge in [-0.05, 0) is 29.2 Å². The van der Waals surface area contributed by atoms with E-state index in [0.29, 0.717) is 13.2 Å². The first kappa shape index (κ1) is 15.9. The van der Waals surface area contributed by atoms with E-state index < -0.39 is 12.0 Å². The molecule has 0 fully saturated rings. The monoisotopic (exact) mass is 336 g/mol. The highest BCUT2D eigenvalue weighted by atomic mass is 16.5. The number of para-hydroxylation sites is 1. The summed E-state index contributed by atoms with van der Waals surface area (Å²) >= 11 is 0. The third kappa shape index (κ3) is 3.16. The van der Waals surface area contributed by atoms with E-state index in [4.69, 9.17) is 4.74 Å². The average molecular weight is 336 g/mol. The van der Waals surface area contributed by atoms with Crippen LogP contribution >= 0.6 is 0 Å². The number of hydrogen-bond donors (Lipinski definition) is 3. The van der Waals surface area contributed by atoms with Crippen molar-refractivity contribution in [3.05, 3.63) is 70.9 Å². The summed E-state index contributed by atoms with van der Waals surface area (Å²) < 4.78 is 5.46. The van der Waals surface area contributed by atoms with E-state index in [-0.39, 0.29) is 0 Å². The molecule has 5 nitrogen and oxygen atoms in total. The Bertz CT molecular complexity index is 916. The van der Waals surface area contributed by atoms with Crippen LogP contribution in [0.1, 0.15) is 28.3 Å². The van der Waals surface area contributed by atoms with E-state index in [1.165, 1.54) is 11.1 Å². The average Bonchev–Trinajstić information content (AvgIpc) is 3.05. The number of hydrogen-bond acceptors (Lipinski definition) is 3. The van der Waals surface area contributed by atoms with Gasteiger partial charge in [-0.25, -0.2) is 0 Å². The molecule has 4 rings (SSSR count). The van der Waals surface area contributed by atoms with Gasteiger partial charge in [0.15, 0.2) is 0 Å². The van der Waals surface area contributed by atoms with E-state index in [2.05, 4.69) is 22.4 Å². The number of ether oxygens (including phenoxy) is 1. The van der Waals surface area contributed by atoms with Crippen LogP contribution in [-0.2, 0) is 29.1 Å². The Labute approximate surface area is 145 Å². The zero-order chi connectivity index (χ0) is 17.2. The summed E-state index contributed by atoms with van der Waals surface area (Å²) in [6.45, 7) is 1.91. The summed E-state index contributed by atoms with van der Waals surface area (Å²) in [6.07, 6.45) is 2.69. The number of aliphatic carboxylic acids is 1. The van der Waals surface area contributed by atoms with Gasteiger partial charge in [-0.2, -0.15) is 0 Å². The van der Waals surface area contributed by atoms with E-state index in [1.54, 1.807) is 6.20 Å². The molecular formula is C20H20N2O3. The number of H-pyrrole nitrogens is 1. The number of aromatic amines is 1. The molecule has 0 bridgehead atoms. The van der Waals surface area contributed by atoms with E-state index >= 15 is 0 Å². The number of rotatable bonds is 5. The van der Waals surface area contributed by atoms with Gasteiger partial charge in [0.1, 0.15) is 6.04 Å². The molecule has 1 aliphatic heterocycles. The van der Waals surface area contributed by atoms with Crippen molar-refractivity contribution in [3.8, 4) is 0 Å². The highest BCUT2D eigenvalue weighted by Crippen LogP contribution is 2.25. The molecule has 0 aliphatic carbocycles. The maximum atomic E-state index is 11.8. The lowest BCUT2D eigenvalue weighted by atomic mass is 10.00. The minimum Gasteiger partial charge on any atom is -0.480 e. The maximum absolute atomic E-state index is 11.8. The van der Waals surface area contributed by atoms with Gasteiger partial charge in [0.25, 0.3) is 0 Å². The van der Waals surface area contributed by atoms with Gasteiger partial charge in [-0.15, -0.1) is 0 Å². The fourth-order valence-corrected chi connectivity index (χ4v) is 3.41. The number of carbonyl (C=O) groups is 1. The van der Waals surface area contributed by atoms with Crippen LogP contribution in [0.2, 0.25) is 0 Å². The predicted molar refractivity (Wildman–Crippen MR) is 95.3 cm³/mol. The fourth-order valence-electron chi connectivity index (χ4n) is 3.41. The second kappa shape index (κ2) is 6.70. The third-order valence-electron chi connectivity index (χ3n) is 4.73. The van der Waals surface area contributed by atoms with Crippen LogP contribution in [0.4, 0.5) is 0 Å². The lowest BCUT2D eigenvalue weighted by molar-refractivity contribution is -0.139. The van der Waals surface area contributed by atoms with Gasteiger partial charge in [0.05, 0.1) is 13.2 Å². The van der Waals surface area contributed by atoms with Crippen LogP contribution in [-0.4, -0.2) is 22.7 Å². The van der Waals surface area contributed by atoms with Crippen molar-refractivity contribution >= 4 is 16.9 Å². The van der Waals surface area contributed by atoms with Crippen LogP contribution in [0.5, 0.6) is 0 Å². The zero-order valence-electron chi connectivity index (χ0n) is 13.8. The molecule has 2 aromatic carbocycles. The lowest BCUT2D eigenvalue weighted by Crippen LogP contribution is -2.28. The summed E-state index contributed by atoms with van der Waals surface area (Å²) in [4.78, 5) is 14.9. The third-order valence-corrected chi connectivity index (χ3v) is 4.73. The van der Waals surface area contributed by atoms with E-state index in [1.807, 2.05) is 30.3 Å². The molecule has 0 radical (unpaired) electrons. The lowest BCUT2D eigenvalue weighted by Gasteiger charge is -2.18. The number of fused-ring (bicyclic) bond motifs is 2. The van der Waals surface area contributed by atoms with Crippen LogP contribution in [0.15, 0.2) is 48.7 Å². The number of aromatic nitrogens is 1. The maximum Gasteiger partial charge on any atom is 0.325 e. The Morgan fingerprint density at radius 1 is 1.24 bits per heavy atom. The Balaban J connectivity index is 1.56. The first-order valence-electron chi connectivity index (χ1n) is 8.43. The van der Waals surface area contributed by atoms with Gasteiger partial charge in [0.2, 0.25) is 0 Å². The molecule has 0 saturated carbocycles. The van der Waals surface area contributed by atoms with Crippen LogP contribution < -0.4 is 5.32 Å². The molecule has 3 aromatic rings. The molecule has 0 saturated heterocycles. The second-order valence-corrected chi connectivity index (χ2v) is 6.35. The van der Waals surface area contributed by atoms with Crippen molar-refractivity contribution < 1.29 is 14.6 Å². The van der Waals surface area contributed by atoms with E-state index in [0.717, 1.165) is 35.1 Å². The van der Waals surface area contributed by atoms with Crippen molar-refractivity contribution in [3.63, 3.8) is 0 Å². The van der Waals surface area contributed by atoms with Crippen LogP contribution in [0.3, 0.4) is 0 Å². The molecule has 128 valence electrons. The van der Waals surface area contributed by atoms with Crippen molar-refractivity contribution in [2.45, 2.75) is 25.6 Å². The minimum atomic E-state index is -0.879. The topological polar surface area (TPSA) is 74.3 Å². The number of carboxylic acid groups (broad SMARTS) is 1. The standard InChI is InChI=1S/C20H20N2O3/c23-20(24)19(17-11-21-18-4-2-1-3-16(17)18)22-10-13-5-6-15-12-25-8-7-14(15)9-13/h1-6,9,11,19,21-22H,7-8,10,12H2,(H,23,24). The molecule has 3 N–H and O–H groups in total. The molecule has 0 amide bonds. The Morgan fingerprint density at radius 3 is 3.00 bits per heavy atom. The molecule has 1 unspecified atom stereocenters. The van der Waals surface area contributed by atoms with Crippen LogP contribution in [0, 0.1) is 0 Å². The molecule has 25 heavy (non-hydrogen) atoms. The molecule has 5 heteroatoms. The number of nitrogens with one attached hydrogen (secondary N) is 2. The van der Waals surface area contributed by atoms with Gasteiger partial charge < -0.3 is 14.8 Å². The van der Waals surface area contributed by atoms with Crippen molar-refractivity contribution in [2.24, 2.45) is 0 Å². The van der Waals surface area contributed by atoms with Crippen molar-refractivity contribution in [1.29, 1.82) is 0 Å². The van der Waals surface area contributed by atoms with Gasteiger partial charge in [-0.1, -0.05) is 36.4 Å². The molecule has 1 aromatic heterocycles. The molecule has 1 aliphatic rings. The summed E-state index contributed by atoms with van der Waals surface area (Å²) in [7, 11) is 0. The smallest absolute Gasteiger partial charge is 0.325 e. The van der Waals surface area contributed by atoms with E-state index in [9.17, 15) is 9.90 Å². The van der Waals surface area contributed by atoms with Gasteiger partial charge in [-0.3, -0.25) is 10.1 Å². The normalized spacial score (nSPS) is 15.0. The summed E-state index contributed by atoms with van der Waals surface area (Å²) in [5.41, 5.74) is 5.31. The quantitative estimate of drug-likeness (QED) is 0.669. The molecule has 0 spiro atoms. The SMILES string of the molecule is O=C(O)C(NCc1ccc2c(c1)CCOC2)c1c[nH]c2ccccc12. The number of carboxylic acids is 1.